The summed E-state index contributed by atoms with van der Waals surface area (Å²) in [5.41, 5.74) is 6.50. The number of nitrogens with zero attached hydrogens (tertiary/aromatic N) is 1. The highest BCUT2D eigenvalue weighted by atomic mass is 79.9. The third-order valence-corrected chi connectivity index (χ3v) is 6.14. The van der Waals surface area contributed by atoms with Crippen LogP contribution in [0.15, 0.2) is 27.6 Å². The normalized spacial score (nSPS) is 16.1. The highest BCUT2D eigenvalue weighted by Crippen LogP contribution is 2.31. The number of carbonyl (C=O) groups is 2. The van der Waals surface area contributed by atoms with E-state index in [4.69, 9.17) is 0 Å². The predicted molar refractivity (Wildman–Crippen MR) is 102 cm³/mol. The first kappa shape index (κ1) is 17.0. The first-order valence-electron chi connectivity index (χ1n) is 7.49. The van der Waals surface area contributed by atoms with Crippen LogP contribution in [0.1, 0.15) is 28.1 Å². The SMILES string of the molecule is Cc1cc(-n2c(C)cc(/C=C3\SC(=O)NC3=O)c2C)cc(C)c1Br. The smallest absolute Gasteiger partial charge is 0.290 e. The van der Waals surface area contributed by atoms with Gasteiger partial charge in [0.05, 0.1) is 4.91 Å². The molecule has 0 atom stereocenters. The largest absolute Gasteiger partial charge is 0.318 e. The Bertz CT molecular complexity index is 889. The predicted octanol–water partition coefficient (Wildman–Crippen LogP) is 4.80. The van der Waals surface area contributed by atoms with Crippen molar-refractivity contribution < 1.29 is 9.59 Å². The van der Waals surface area contributed by atoms with Crippen LogP contribution in [0.5, 0.6) is 0 Å². The Morgan fingerprint density at radius 1 is 1.08 bits per heavy atom. The molecule has 3 rings (SSSR count). The van der Waals surface area contributed by atoms with E-state index >= 15 is 0 Å². The summed E-state index contributed by atoms with van der Waals surface area (Å²) in [5.74, 6) is -0.329. The van der Waals surface area contributed by atoms with Crippen LogP contribution in [0.25, 0.3) is 11.8 Å². The van der Waals surface area contributed by atoms with E-state index in [9.17, 15) is 9.59 Å². The summed E-state index contributed by atoms with van der Waals surface area (Å²) < 4.78 is 3.28. The van der Waals surface area contributed by atoms with Gasteiger partial charge in [0.2, 0.25) is 0 Å². The molecule has 1 fully saturated rings. The fraction of sp³-hybridized carbons (Fsp3) is 0.222. The summed E-state index contributed by atoms with van der Waals surface area (Å²) in [6.45, 7) is 8.20. The first-order chi connectivity index (χ1) is 11.3. The van der Waals surface area contributed by atoms with Gasteiger partial charge in [-0.15, -0.1) is 0 Å². The molecule has 1 aliphatic heterocycles. The Kier molecular flexibility index (Phi) is 4.44. The van der Waals surface area contributed by atoms with Crippen molar-refractivity contribution in [3.05, 3.63) is 55.7 Å². The number of imide groups is 1. The molecule has 0 aliphatic carbocycles. The molecule has 2 heterocycles. The lowest BCUT2D eigenvalue weighted by Gasteiger charge is -2.13. The third kappa shape index (κ3) is 2.96. The third-order valence-electron chi connectivity index (χ3n) is 4.08. The Morgan fingerprint density at radius 3 is 2.25 bits per heavy atom. The van der Waals surface area contributed by atoms with Gasteiger partial charge in [-0.05, 0) is 80.4 Å². The van der Waals surface area contributed by atoms with Crippen molar-refractivity contribution in [2.75, 3.05) is 0 Å². The number of aromatic nitrogens is 1. The fourth-order valence-corrected chi connectivity index (χ4v) is 3.85. The summed E-state index contributed by atoms with van der Waals surface area (Å²) in [5, 5.41) is 1.97. The van der Waals surface area contributed by atoms with Crippen LogP contribution >= 0.6 is 27.7 Å². The van der Waals surface area contributed by atoms with Crippen LogP contribution in [0.4, 0.5) is 4.79 Å². The van der Waals surface area contributed by atoms with Crippen molar-refractivity contribution in [3.8, 4) is 5.69 Å². The van der Waals surface area contributed by atoms with Crippen LogP contribution in [0.3, 0.4) is 0 Å². The lowest BCUT2D eigenvalue weighted by molar-refractivity contribution is -0.115. The van der Waals surface area contributed by atoms with Crippen molar-refractivity contribution in [2.45, 2.75) is 27.7 Å². The molecule has 0 spiro atoms. The van der Waals surface area contributed by atoms with Gasteiger partial charge in [0.25, 0.3) is 11.1 Å². The lowest BCUT2D eigenvalue weighted by atomic mass is 10.1. The van der Waals surface area contributed by atoms with E-state index in [1.165, 1.54) is 11.1 Å². The second-order valence-corrected chi connectivity index (χ2v) is 7.72. The molecule has 24 heavy (non-hydrogen) atoms. The first-order valence-corrected chi connectivity index (χ1v) is 9.10. The average molecular weight is 405 g/mol. The number of rotatable bonds is 2. The number of benzene rings is 1. The molecule has 4 nitrogen and oxygen atoms in total. The van der Waals surface area contributed by atoms with Gasteiger partial charge < -0.3 is 4.57 Å². The number of aryl methyl sites for hydroxylation is 3. The van der Waals surface area contributed by atoms with E-state index in [0.29, 0.717) is 4.91 Å². The maximum atomic E-state index is 11.8. The number of halogens is 1. The van der Waals surface area contributed by atoms with Gasteiger partial charge in [-0.1, -0.05) is 15.9 Å². The maximum absolute atomic E-state index is 11.8. The van der Waals surface area contributed by atoms with Gasteiger partial charge in [-0.2, -0.15) is 0 Å². The van der Waals surface area contributed by atoms with Crippen LogP contribution in [0.2, 0.25) is 0 Å². The van der Waals surface area contributed by atoms with Gasteiger partial charge in [0.15, 0.2) is 0 Å². The second kappa shape index (κ2) is 6.26. The van der Waals surface area contributed by atoms with Crippen LogP contribution in [0, 0.1) is 27.7 Å². The summed E-state index contributed by atoms with van der Waals surface area (Å²) in [7, 11) is 0. The number of hydrogen-bond acceptors (Lipinski definition) is 3. The van der Waals surface area contributed by atoms with Crippen molar-refractivity contribution in [1.29, 1.82) is 0 Å². The van der Waals surface area contributed by atoms with Crippen molar-refractivity contribution >= 4 is 44.9 Å². The molecule has 0 bridgehead atoms. The molecule has 124 valence electrons. The Hall–Kier alpha value is -1.79. The Balaban J connectivity index is 2.09. The van der Waals surface area contributed by atoms with Gasteiger partial charge in [-0.25, -0.2) is 0 Å². The van der Waals surface area contributed by atoms with Crippen LogP contribution < -0.4 is 5.32 Å². The van der Waals surface area contributed by atoms with E-state index in [-0.39, 0.29) is 11.1 Å². The summed E-state index contributed by atoms with van der Waals surface area (Å²) >= 11 is 4.54. The fourth-order valence-electron chi connectivity index (χ4n) is 2.95. The average Bonchev–Trinajstić information content (AvgIpc) is 2.95. The zero-order chi connectivity index (χ0) is 17.6. The highest BCUT2D eigenvalue weighted by Gasteiger charge is 2.25. The molecule has 0 unspecified atom stereocenters. The Labute approximate surface area is 153 Å². The quantitative estimate of drug-likeness (QED) is 0.731. The van der Waals surface area contributed by atoms with Crippen LogP contribution in [-0.4, -0.2) is 15.7 Å². The van der Waals surface area contributed by atoms with Crippen molar-refractivity contribution in [3.63, 3.8) is 0 Å². The molecule has 6 heteroatoms. The molecule has 1 aliphatic rings. The molecule has 2 aromatic rings. The van der Waals surface area contributed by atoms with E-state index in [2.05, 4.69) is 51.8 Å². The number of nitrogens with one attached hydrogen (secondary N) is 1. The van der Waals surface area contributed by atoms with Gasteiger partial charge >= 0.3 is 0 Å². The van der Waals surface area contributed by atoms with E-state index in [0.717, 1.165) is 38.9 Å². The summed E-state index contributed by atoms with van der Waals surface area (Å²) in [4.78, 5) is 23.5. The molecule has 0 radical (unpaired) electrons. The van der Waals surface area contributed by atoms with Gasteiger partial charge in [0, 0.05) is 21.5 Å². The molecule has 2 amide bonds. The number of thioether (sulfide) groups is 1. The second-order valence-electron chi connectivity index (χ2n) is 5.91. The van der Waals surface area contributed by atoms with E-state index in [1.54, 1.807) is 6.08 Å². The monoisotopic (exact) mass is 404 g/mol. The topological polar surface area (TPSA) is 51.1 Å². The minimum absolute atomic E-state index is 0.320. The summed E-state index contributed by atoms with van der Waals surface area (Å²) in [6.07, 6.45) is 1.78. The molecule has 1 N–H and O–H groups in total. The molecular formula is C18H17BrN2O2S. The standard InChI is InChI=1S/C18H17BrN2O2S/c1-9-5-14(6-10(2)16(9)19)21-11(3)7-13(12(21)4)8-15-17(22)20-18(23)24-15/h5-8H,1-4H3,(H,20,22,23)/b15-8-. The highest BCUT2D eigenvalue weighted by molar-refractivity contribution is 9.10. The molecule has 1 aromatic heterocycles. The molecule has 1 saturated heterocycles. The minimum atomic E-state index is -0.329. The van der Waals surface area contributed by atoms with Crippen molar-refractivity contribution in [2.24, 2.45) is 0 Å². The number of hydrogen-bond donors (Lipinski definition) is 1. The maximum Gasteiger partial charge on any atom is 0.290 e. The van der Waals surface area contributed by atoms with Gasteiger partial charge in [0.1, 0.15) is 0 Å². The zero-order valence-corrected chi connectivity index (χ0v) is 16.3. The number of amides is 2. The zero-order valence-electron chi connectivity index (χ0n) is 13.9. The lowest BCUT2D eigenvalue weighted by Crippen LogP contribution is -2.17. The van der Waals surface area contributed by atoms with E-state index < -0.39 is 0 Å². The molecule has 1 aromatic carbocycles. The van der Waals surface area contributed by atoms with Gasteiger partial charge in [-0.3, -0.25) is 14.9 Å². The van der Waals surface area contributed by atoms with Crippen LogP contribution in [-0.2, 0) is 4.79 Å². The molecular weight excluding hydrogens is 388 g/mol. The summed E-state index contributed by atoms with van der Waals surface area (Å²) in [6, 6.07) is 6.30. The Morgan fingerprint density at radius 2 is 1.71 bits per heavy atom. The molecule has 0 saturated carbocycles. The van der Waals surface area contributed by atoms with E-state index in [1.807, 2.05) is 19.9 Å². The van der Waals surface area contributed by atoms with Crippen molar-refractivity contribution in [1.82, 2.24) is 9.88 Å². The number of carbonyl (C=O) groups excluding carboxylic acids is 2. The minimum Gasteiger partial charge on any atom is -0.318 e.